The fourth-order valence-corrected chi connectivity index (χ4v) is 3.28. The largest absolute Gasteiger partial charge is 0.382 e. The molecule has 0 bridgehead atoms. The van der Waals surface area contributed by atoms with Crippen molar-refractivity contribution in [1.82, 2.24) is 9.69 Å². The molecule has 4 N–H and O–H groups in total. The van der Waals surface area contributed by atoms with Crippen molar-refractivity contribution < 1.29 is 4.79 Å². The van der Waals surface area contributed by atoms with E-state index in [4.69, 9.17) is 5.73 Å². The number of rotatable bonds is 6. The monoisotopic (exact) mass is 296 g/mol. The zero-order valence-electron chi connectivity index (χ0n) is 12.5. The van der Waals surface area contributed by atoms with Gasteiger partial charge in [0.05, 0.1) is 0 Å². The third-order valence-electron chi connectivity index (χ3n) is 4.15. The summed E-state index contributed by atoms with van der Waals surface area (Å²) in [5, 5.41) is 7.06. The Hall–Kier alpha value is -1.30. The molecule has 0 aliphatic heterocycles. The van der Waals surface area contributed by atoms with Crippen molar-refractivity contribution >= 4 is 28.3 Å². The number of hydrogen-bond acceptors (Lipinski definition) is 5. The number of amides is 1. The van der Waals surface area contributed by atoms with Crippen molar-refractivity contribution in [2.24, 2.45) is 5.41 Å². The highest BCUT2D eigenvalue weighted by Crippen LogP contribution is 2.44. The summed E-state index contributed by atoms with van der Waals surface area (Å²) in [5.74, 6) is 0.169. The van der Waals surface area contributed by atoms with Crippen LogP contribution < -0.4 is 16.4 Å². The number of nitrogens with zero attached hydrogens (tertiary/aromatic N) is 1. The highest BCUT2D eigenvalue weighted by Gasteiger charge is 2.35. The Balaban J connectivity index is 2.07. The number of nitrogen functional groups attached to an aromatic ring is 1. The van der Waals surface area contributed by atoms with Crippen LogP contribution in [0.25, 0.3) is 0 Å². The first kappa shape index (κ1) is 15.1. The van der Waals surface area contributed by atoms with Crippen molar-refractivity contribution in [2.45, 2.75) is 52.5 Å². The molecule has 112 valence electrons. The number of nitrogens with two attached hydrogens (primary N) is 1. The van der Waals surface area contributed by atoms with Gasteiger partial charge in [0.25, 0.3) is 5.91 Å². The second kappa shape index (κ2) is 5.99. The molecular weight excluding hydrogens is 272 g/mol. The third kappa shape index (κ3) is 3.06. The van der Waals surface area contributed by atoms with Crippen LogP contribution in [-0.2, 0) is 0 Å². The fourth-order valence-electron chi connectivity index (χ4n) is 2.58. The molecule has 1 amide bonds. The van der Waals surface area contributed by atoms with Crippen LogP contribution >= 0.6 is 11.5 Å². The molecule has 1 aromatic heterocycles. The van der Waals surface area contributed by atoms with E-state index in [1.54, 1.807) is 0 Å². The van der Waals surface area contributed by atoms with Gasteiger partial charge in [-0.05, 0) is 50.1 Å². The summed E-state index contributed by atoms with van der Waals surface area (Å²) >= 11 is 1.27. The van der Waals surface area contributed by atoms with E-state index in [0.29, 0.717) is 16.8 Å². The van der Waals surface area contributed by atoms with Gasteiger partial charge in [0, 0.05) is 12.6 Å². The standard InChI is InChI=1S/C14H24N4OS/c1-4-14(6-5-7-14)8-16-13-10(11(15)18-20-13)12(19)17-9(2)3/h9,16H,4-8H2,1-3H3,(H2,15,18)(H,17,19). The van der Waals surface area contributed by atoms with Gasteiger partial charge in [-0.2, -0.15) is 4.37 Å². The summed E-state index contributed by atoms with van der Waals surface area (Å²) < 4.78 is 4.11. The quantitative estimate of drug-likeness (QED) is 0.754. The minimum Gasteiger partial charge on any atom is -0.382 e. The third-order valence-corrected chi connectivity index (χ3v) is 4.97. The van der Waals surface area contributed by atoms with Crippen LogP contribution in [0.3, 0.4) is 0 Å². The maximum atomic E-state index is 12.2. The number of hydrogen-bond donors (Lipinski definition) is 3. The molecule has 2 rings (SSSR count). The molecule has 0 spiro atoms. The van der Waals surface area contributed by atoms with Gasteiger partial charge in [0.2, 0.25) is 0 Å². The highest BCUT2D eigenvalue weighted by molar-refractivity contribution is 7.11. The Morgan fingerprint density at radius 3 is 2.70 bits per heavy atom. The normalized spacial score (nSPS) is 16.8. The van der Waals surface area contributed by atoms with E-state index >= 15 is 0 Å². The van der Waals surface area contributed by atoms with Crippen molar-refractivity contribution in [1.29, 1.82) is 0 Å². The van der Waals surface area contributed by atoms with E-state index in [1.165, 1.54) is 37.2 Å². The number of carbonyl (C=O) groups is 1. The molecule has 1 saturated carbocycles. The Morgan fingerprint density at radius 1 is 1.50 bits per heavy atom. The van der Waals surface area contributed by atoms with Gasteiger partial charge in [-0.3, -0.25) is 4.79 Å². The van der Waals surface area contributed by atoms with Crippen molar-refractivity contribution in [3.05, 3.63) is 5.56 Å². The van der Waals surface area contributed by atoms with Crippen LogP contribution in [0.15, 0.2) is 0 Å². The second-order valence-electron chi connectivity index (χ2n) is 5.96. The fraction of sp³-hybridized carbons (Fsp3) is 0.714. The molecule has 1 heterocycles. The minimum atomic E-state index is -0.145. The van der Waals surface area contributed by atoms with E-state index in [2.05, 4.69) is 21.9 Å². The highest BCUT2D eigenvalue weighted by atomic mass is 32.1. The molecule has 0 unspecified atom stereocenters. The summed E-state index contributed by atoms with van der Waals surface area (Å²) in [7, 11) is 0. The Morgan fingerprint density at radius 2 is 2.20 bits per heavy atom. The summed E-state index contributed by atoms with van der Waals surface area (Å²) in [6, 6.07) is 0.0864. The molecule has 0 aromatic carbocycles. The van der Waals surface area contributed by atoms with Gasteiger partial charge in [0.15, 0.2) is 5.82 Å². The second-order valence-corrected chi connectivity index (χ2v) is 6.73. The predicted octanol–water partition coefficient (Wildman–Crippen LogP) is 2.86. The predicted molar refractivity (Wildman–Crippen MR) is 84.2 cm³/mol. The molecule has 20 heavy (non-hydrogen) atoms. The van der Waals surface area contributed by atoms with Crippen molar-refractivity contribution in [3.63, 3.8) is 0 Å². The van der Waals surface area contributed by atoms with Gasteiger partial charge >= 0.3 is 0 Å². The molecule has 1 aliphatic rings. The van der Waals surface area contributed by atoms with E-state index in [0.717, 1.165) is 11.5 Å². The first-order valence-corrected chi connectivity index (χ1v) is 8.04. The lowest BCUT2D eigenvalue weighted by atomic mass is 9.67. The molecule has 5 nitrogen and oxygen atoms in total. The average Bonchev–Trinajstić information content (AvgIpc) is 2.69. The van der Waals surface area contributed by atoms with Crippen LogP contribution in [0.4, 0.5) is 10.8 Å². The number of aromatic nitrogens is 1. The zero-order valence-corrected chi connectivity index (χ0v) is 13.3. The average molecular weight is 296 g/mol. The smallest absolute Gasteiger partial charge is 0.258 e. The van der Waals surface area contributed by atoms with Crippen LogP contribution in [0.1, 0.15) is 56.8 Å². The molecule has 6 heteroatoms. The van der Waals surface area contributed by atoms with Crippen LogP contribution in [0.2, 0.25) is 0 Å². The van der Waals surface area contributed by atoms with Gasteiger partial charge in [-0.1, -0.05) is 13.3 Å². The Labute approximate surface area is 124 Å². The summed E-state index contributed by atoms with van der Waals surface area (Å²) in [6.07, 6.45) is 5.00. The number of carbonyl (C=O) groups excluding carboxylic acids is 1. The molecule has 0 atom stereocenters. The molecule has 1 aliphatic carbocycles. The van der Waals surface area contributed by atoms with Gasteiger partial charge in [-0.25, -0.2) is 0 Å². The van der Waals surface area contributed by atoms with E-state index in [9.17, 15) is 4.79 Å². The zero-order chi connectivity index (χ0) is 14.8. The first-order chi connectivity index (χ1) is 9.47. The van der Waals surface area contributed by atoms with E-state index in [-0.39, 0.29) is 11.9 Å². The molecule has 0 saturated heterocycles. The SMILES string of the molecule is CCC1(CNc2snc(N)c2C(=O)NC(C)C)CCC1. The van der Waals surface area contributed by atoms with Crippen molar-refractivity contribution in [3.8, 4) is 0 Å². The van der Waals surface area contributed by atoms with E-state index in [1.807, 2.05) is 13.8 Å². The first-order valence-electron chi connectivity index (χ1n) is 7.27. The lowest BCUT2D eigenvalue weighted by Gasteiger charge is -2.41. The maximum absolute atomic E-state index is 12.2. The Kier molecular flexibility index (Phi) is 4.52. The lowest BCUT2D eigenvalue weighted by Crippen LogP contribution is -2.36. The number of nitrogens with one attached hydrogen (secondary N) is 2. The molecule has 0 radical (unpaired) electrons. The Bertz CT molecular complexity index is 474. The lowest BCUT2D eigenvalue weighted by molar-refractivity contribution is 0.0944. The van der Waals surface area contributed by atoms with Crippen LogP contribution in [0.5, 0.6) is 0 Å². The molecular formula is C14H24N4OS. The van der Waals surface area contributed by atoms with Gasteiger partial charge in [-0.15, -0.1) is 0 Å². The van der Waals surface area contributed by atoms with E-state index < -0.39 is 0 Å². The molecule has 1 aromatic rings. The molecule has 1 fully saturated rings. The van der Waals surface area contributed by atoms with Crippen molar-refractivity contribution in [2.75, 3.05) is 17.6 Å². The minimum absolute atomic E-state index is 0.0864. The van der Waals surface area contributed by atoms with Gasteiger partial charge in [0.1, 0.15) is 10.6 Å². The van der Waals surface area contributed by atoms with Gasteiger partial charge < -0.3 is 16.4 Å². The summed E-state index contributed by atoms with van der Waals surface area (Å²) in [6.45, 7) is 6.99. The summed E-state index contributed by atoms with van der Waals surface area (Å²) in [4.78, 5) is 12.2. The van der Waals surface area contributed by atoms with Crippen LogP contribution in [-0.4, -0.2) is 22.9 Å². The summed E-state index contributed by atoms with van der Waals surface area (Å²) in [5.41, 5.74) is 6.72. The number of anilines is 2. The maximum Gasteiger partial charge on any atom is 0.258 e. The van der Waals surface area contributed by atoms with Crippen LogP contribution in [0, 0.1) is 5.41 Å². The topological polar surface area (TPSA) is 80.0 Å².